The van der Waals surface area contributed by atoms with Crippen LogP contribution in [0.15, 0.2) is 42.6 Å². The predicted octanol–water partition coefficient (Wildman–Crippen LogP) is 4.22. The number of aliphatic hydroxyl groups is 1. The van der Waals surface area contributed by atoms with Gasteiger partial charge in [0.15, 0.2) is 0 Å². The van der Waals surface area contributed by atoms with Gasteiger partial charge in [0, 0.05) is 50.6 Å². The Bertz CT molecular complexity index is 1120. The van der Waals surface area contributed by atoms with Gasteiger partial charge in [-0.1, -0.05) is 29.3 Å². The molecule has 3 amide bonds. The van der Waals surface area contributed by atoms with E-state index in [4.69, 9.17) is 23.2 Å². The molecule has 3 fully saturated rings. The molecule has 10 heteroatoms. The van der Waals surface area contributed by atoms with Crippen molar-refractivity contribution < 1.29 is 14.7 Å². The molecule has 0 radical (unpaired) electrons. The van der Waals surface area contributed by atoms with Crippen LogP contribution in [0.5, 0.6) is 0 Å². The van der Waals surface area contributed by atoms with E-state index in [0.29, 0.717) is 60.8 Å². The average molecular weight is 546 g/mol. The van der Waals surface area contributed by atoms with Crippen LogP contribution in [0.4, 0.5) is 10.5 Å². The van der Waals surface area contributed by atoms with Gasteiger partial charge in [-0.25, -0.2) is 4.79 Å². The van der Waals surface area contributed by atoms with Gasteiger partial charge in [-0.2, -0.15) is 0 Å². The van der Waals surface area contributed by atoms with Crippen molar-refractivity contribution in [2.45, 2.75) is 43.7 Å². The van der Waals surface area contributed by atoms with E-state index in [2.05, 4.69) is 15.2 Å². The number of rotatable bonds is 4. The van der Waals surface area contributed by atoms with E-state index in [1.165, 1.54) is 0 Å². The van der Waals surface area contributed by atoms with Crippen LogP contribution in [-0.4, -0.2) is 82.0 Å². The third kappa shape index (κ3) is 5.87. The Kier molecular flexibility index (Phi) is 7.91. The van der Waals surface area contributed by atoms with Gasteiger partial charge in [0.1, 0.15) is 5.60 Å². The van der Waals surface area contributed by atoms with Gasteiger partial charge in [0.05, 0.1) is 21.7 Å². The third-order valence-electron chi connectivity index (χ3n) is 8.06. The van der Waals surface area contributed by atoms with Crippen LogP contribution >= 0.6 is 23.2 Å². The number of nitrogens with zero attached hydrogens (tertiary/aromatic N) is 4. The van der Waals surface area contributed by atoms with E-state index in [-0.39, 0.29) is 17.9 Å². The van der Waals surface area contributed by atoms with Gasteiger partial charge in [0.25, 0.3) is 0 Å². The molecule has 0 spiro atoms. The van der Waals surface area contributed by atoms with Crippen molar-refractivity contribution in [2.24, 2.45) is 5.92 Å². The molecule has 1 atom stereocenters. The number of likely N-dealkylation sites (tertiary alicyclic amines) is 1. The van der Waals surface area contributed by atoms with Crippen LogP contribution < -0.4 is 5.32 Å². The van der Waals surface area contributed by atoms with Gasteiger partial charge in [0.2, 0.25) is 5.91 Å². The maximum Gasteiger partial charge on any atom is 0.321 e. The summed E-state index contributed by atoms with van der Waals surface area (Å²) < 4.78 is 0. The molecule has 198 valence electrons. The van der Waals surface area contributed by atoms with Crippen molar-refractivity contribution in [2.75, 3.05) is 44.6 Å². The lowest BCUT2D eigenvalue weighted by Gasteiger charge is -2.39. The molecule has 1 aromatic heterocycles. The molecule has 1 saturated carbocycles. The fraction of sp³-hybridized carbons (Fsp3) is 0.519. The van der Waals surface area contributed by atoms with Crippen molar-refractivity contribution in [3.63, 3.8) is 0 Å². The lowest BCUT2D eigenvalue weighted by Crippen LogP contribution is -2.53. The second-order valence-corrected chi connectivity index (χ2v) is 11.1. The predicted molar refractivity (Wildman–Crippen MR) is 144 cm³/mol. The number of hydrogen-bond acceptors (Lipinski definition) is 5. The number of nitrogens with one attached hydrogen (secondary N) is 1. The zero-order chi connectivity index (χ0) is 26.0. The van der Waals surface area contributed by atoms with Gasteiger partial charge in [-0.15, -0.1) is 0 Å². The highest BCUT2D eigenvalue weighted by Crippen LogP contribution is 2.39. The van der Waals surface area contributed by atoms with E-state index < -0.39 is 5.60 Å². The summed E-state index contributed by atoms with van der Waals surface area (Å²) in [5.74, 6) is 0.182. The Morgan fingerprint density at radius 3 is 2.35 bits per heavy atom. The minimum Gasteiger partial charge on any atom is -0.384 e. The molecule has 2 saturated heterocycles. The summed E-state index contributed by atoms with van der Waals surface area (Å²) in [4.78, 5) is 36.3. The normalized spacial score (nSPS) is 26.8. The van der Waals surface area contributed by atoms with E-state index in [1.807, 2.05) is 23.1 Å². The fourth-order valence-corrected chi connectivity index (χ4v) is 6.12. The zero-order valence-electron chi connectivity index (χ0n) is 20.8. The van der Waals surface area contributed by atoms with Gasteiger partial charge in [-0.05, 0) is 69.0 Å². The number of urea groups is 1. The molecular weight excluding hydrogens is 513 g/mol. The number of carbonyl (C=O) groups is 2. The van der Waals surface area contributed by atoms with E-state index >= 15 is 0 Å². The highest BCUT2D eigenvalue weighted by molar-refractivity contribution is 6.42. The van der Waals surface area contributed by atoms with E-state index in [9.17, 15) is 14.7 Å². The highest BCUT2D eigenvalue weighted by Gasteiger charge is 2.41. The summed E-state index contributed by atoms with van der Waals surface area (Å²) in [6.07, 6.45) is 5.78. The second kappa shape index (κ2) is 11.2. The van der Waals surface area contributed by atoms with Crippen LogP contribution in [0.25, 0.3) is 0 Å². The summed E-state index contributed by atoms with van der Waals surface area (Å²) in [6, 6.07) is 10.9. The number of pyridine rings is 1. The van der Waals surface area contributed by atoms with Crippen LogP contribution in [0.1, 0.15) is 37.8 Å². The SMILES string of the molecule is O=C(Nc1ccc(Cl)c(Cl)c1)N1CCN(C(=O)C2CCN(C3CCC(O)(c4ccccn4)CC3)C2)CC1. The monoisotopic (exact) mass is 545 g/mol. The molecule has 8 nitrogen and oxygen atoms in total. The Morgan fingerprint density at radius 1 is 0.946 bits per heavy atom. The standard InChI is InChI=1S/C27H33Cl2N5O3/c28-22-5-4-20(17-23(22)29)31-26(36)33-15-13-32(14-16-33)25(35)19-8-12-34(18-19)21-6-9-27(37,10-7-21)24-3-1-2-11-30-24/h1-5,11,17,19,21,37H,6-10,12-16,18H2,(H,31,36). The van der Waals surface area contributed by atoms with Crippen LogP contribution in [-0.2, 0) is 10.4 Å². The van der Waals surface area contributed by atoms with Gasteiger partial charge >= 0.3 is 6.03 Å². The number of carbonyl (C=O) groups excluding carboxylic acids is 2. The van der Waals surface area contributed by atoms with Crippen molar-refractivity contribution in [1.82, 2.24) is 19.7 Å². The Balaban J connectivity index is 1.07. The van der Waals surface area contributed by atoms with Crippen molar-refractivity contribution in [3.05, 3.63) is 58.3 Å². The fourth-order valence-electron chi connectivity index (χ4n) is 5.82. The van der Waals surface area contributed by atoms with Crippen molar-refractivity contribution in [1.29, 1.82) is 0 Å². The molecule has 1 unspecified atom stereocenters. The molecule has 1 aromatic carbocycles. The summed E-state index contributed by atoms with van der Waals surface area (Å²) in [5.41, 5.74) is 0.497. The highest BCUT2D eigenvalue weighted by atomic mass is 35.5. The summed E-state index contributed by atoms with van der Waals surface area (Å²) in [6.45, 7) is 3.72. The average Bonchev–Trinajstić information content (AvgIpc) is 3.42. The van der Waals surface area contributed by atoms with Gasteiger partial charge < -0.3 is 20.2 Å². The lowest BCUT2D eigenvalue weighted by atomic mass is 9.79. The topological polar surface area (TPSA) is 89.0 Å². The Hall–Kier alpha value is -2.39. The van der Waals surface area contributed by atoms with Crippen molar-refractivity contribution >= 4 is 40.8 Å². The largest absolute Gasteiger partial charge is 0.384 e. The molecular formula is C27H33Cl2N5O3. The number of anilines is 1. The molecule has 2 aromatic rings. The minimum atomic E-state index is -0.849. The maximum absolute atomic E-state index is 13.3. The van der Waals surface area contributed by atoms with Crippen molar-refractivity contribution in [3.8, 4) is 0 Å². The Labute approximate surface area is 227 Å². The quantitative estimate of drug-likeness (QED) is 0.600. The summed E-state index contributed by atoms with van der Waals surface area (Å²) >= 11 is 12.0. The first-order valence-corrected chi connectivity index (χ1v) is 13.8. The molecule has 3 aliphatic rings. The first kappa shape index (κ1) is 26.2. The molecule has 1 aliphatic carbocycles. The van der Waals surface area contributed by atoms with Crippen LogP contribution in [0.2, 0.25) is 10.0 Å². The third-order valence-corrected chi connectivity index (χ3v) is 8.80. The van der Waals surface area contributed by atoms with E-state index in [1.54, 1.807) is 29.3 Å². The number of piperazine rings is 1. The molecule has 5 rings (SSSR count). The maximum atomic E-state index is 13.3. The first-order valence-electron chi connectivity index (χ1n) is 13.0. The van der Waals surface area contributed by atoms with Gasteiger partial charge in [-0.3, -0.25) is 14.7 Å². The zero-order valence-corrected chi connectivity index (χ0v) is 22.3. The van der Waals surface area contributed by atoms with Crippen LogP contribution in [0, 0.1) is 5.92 Å². The number of amides is 3. The molecule has 2 aliphatic heterocycles. The molecule has 2 N–H and O–H groups in total. The van der Waals surface area contributed by atoms with E-state index in [0.717, 1.165) is 38.0 Å². The number of aromatic nitrogens is 1. The summed E-state index contributed by atoms with van der Waals surface area (Å²) in [5, 5.41) is 14.8. The minimum absolute atomic E-state index is 0.00631. The molecule has 37 heavy (non-hydrogen) atoms. The smallest absolute Gasteiger partial charge is 0.321 e. The van der Waals surface area contributed by atoms with Crippen LogP contribution in [0.3, 0.4) is 0 Å². The lowest BCUT2D eigenvalue weighted by molar-refractivity contribution is -0.136. The number of hydrogen-bond donors (Lipinski definition) is 2. The Morgan fingerprint density at radius 2 is 1.68 bits per heavy atom. The number of halogens is 2. The molecule has 3 heterocycles. The summed E-state index contributed by atoms with van der Waals surface area (Å²) in [7, 11) is 0. The second-order valence-electron chi connectivity index (χ2n) is 10.3. The first-order chi connectivity index (χ1) is 17.8. The number of benzene rings is 1. The molecule has 0 bridgehead atoms.